The average molecular weight is 370 g/mol. The molecule has 0 aliphatic heterocycles. The van der Waals surface area contributed by atoms with Gasteiger partial charge in [0.1, 0.15) is 6.54 Å². The van der Waals surface area contributed by atoms with Crippen LogP contribution >= 0.6 is 12.4 Å². The van der Waals surface area contributed by atoms with Crippen LogP contribution < -0.4 is 16.4 Å². The maximum atomic E-state index is 12.3. The van der Waals surface area contributed by atoms with Crippen molar-refractivity contribution in [2.75, 3.05) is 11.9 Å². The summed E-state index contributed by atoms with van der Waals surface area (Å²) in [7, 11) is 0. The molecule has 2 fully saturated rings. The highest BCUT2D eigenvalue weighted by molar-refractivity contribution is 5.91. The Morgan fingerprint density at radius 3 is 2.60 bits per heavy atom. The number of nitrogens with zero attached hydrogens (tertiary/aromatic N) is 2. The Labute approximate surface area is 154 Å². The van der Waals surface area contributed by atoms with Crippen molar-refractivity contribution in [2.45, 2.75) is 64.0 Å². The van der Waals surface area contributed by atoms with Crippen molar-refractivity contribution < 1.29 is 9.59 Å². The Kier molecular flexibility index (Phi) is 6.84. The largest absolute Gasteiger partial charge is 0.352 e. The lowest BCUT2D eigenvalue weighted by molar-refractivity contribution is -0.122. The number of anilines is 1. The van der Waals surface area contributed by atoms with Crippen LogP contribution in [0.4, 0.5) is 5.69 Å². The molecule has 7 nitrogen and oxygen atoms in total. The molecule has 25 heavy (non-hydrogen) atoms. The van der Waals surface area contributed by atoms with Crippen LogP contribution in [0.3, 0.4) is 0 Å². The van der Waals surface area contributed by atoms with Gasteiger partial charge in [-0.25, -0.2) is 0 Å². The Morgan fingerprint density at radius 1 is 1.24 bits per heavy atom. The minimum atomic E-state index is -0.0531. The van der Waals surface area contributed by atoms with Crippen molar-refractivity contribution in [3.63, 3.8) is 0 Å². The highest BCUT2D eigenvalue weighted by atomic mass is 35.5. The molecule has 3 rings (SSSR count). The van der Waals surface area contributed by atoms with Gasteiger partial charge in [0.05, 0.1) is 11.9 Å². The fraction of sp³-hybridized carbons (Fsp3) is 0.706. The molecular weight excluding hydrogens is 342 g/mol. The summed E-state index contributed by atoms with van der Waals surface area (Å²) in [6.45, 7) is 0.736. The summed E-state index contributed by atoms with van der Waals surface area (Å²) < 4.78 is 1.55. The molecule has 1 aromatic heterocycles. The molecule has 1 heterocycles. The van der Waals surface area contributed by atoms with Crippen LogP contribution in [0.5, 0.6) is 0 Å². The number of carbonyl (C=O) groups is 2. The SMILES string of the molecule is Cl.NCC1(CC(=O)Nc2cnn(CC(=O)NC3CC3)c2)CCCCC1. The van der Waals surface area contributed by atoms with E-state index in [1.54, 1.807) is 17.1 Å². The second kappa shape index (κ2) is 8.67. The monoisotopic (exact) mass is 369 g/mol. The molecule has 8 heteroatoms. The molecule has 0 aromatic carbocycles. The Morgan fingerprint density at radius 2 is 1.96 bits per heavy atom. The van der Waals surface area contributed by atoms with Gasteiger partial charge in [-0.2, -0.15) is 5.10 Å². The number of rotatable bonds is 7. The topological polar surface area (TPSA) is 102 Å². The van der Waals surface area contributed by atoms with Gasteiger partial charge < -0.3 is 16.4 Å². The van der Waals surface area contributed by atoms with Crippen molar-refractivity contribution >= 4 is 29.9 Å². The summed E-state index contributed by atoms with van der Waals surface area (Å²) in [5, 5.41) is 9.94. The van der Waals surface area contributed by atoms with Crippen LogP contribution in [0.1, 0.15) is 51.4 Å². The van der Waals surface area contributed by atoms with Crippen molar-refractivity contribution in [1.29, 1.82) is 0 Å². The standard InChI is InChI=1S/C17H27N5O2.ClH/c18-12-17(6-2-1-3-7-17)8-15(23)21-14-9-19-22(10-14)11-16(24)20-13-4-5-13;/h9-10,13H,1-8,11-12,18H2,(H,20,24)(H,21,23);1H. The molecular formula is C17H28ClN5O2. The Bertz CT molecular complexity index is 594. The minimum Gasteiger partial charge on any atom is -0.352 e. The van der Waals surface area contributed by atoms with E-state index < -0.39 is 0 Å². The first-order chi connectivity index (χ1) is 11.6. The predicted octanol–water partition coefficient (Wildman–Crippen LogP) is 1.82. The number of hydrogen-bond acceptors (Lipinski definition) is 4. The van der Waals surface area contributed by atoms with Gasteiger partial charge >= 0.3 is 0 Å². The van der Waals surface area contributed by atoms with Crippen molar-refractivity contribution in [3.05, 3.63) is 12.4 Å². The van der Waals surface area contributed by atoms with Gasteiger partial charge in [-0.15, -0.1) is 12.4 Å². The zero-order chi connectivity index (χ0) is 17.0. The number of amides is 2. The lowest BCUT2D eigenvalue weighted by atomic mass is 9.71. The minimum absolute atomic E-state index is 0. The number of nitrogens with one attached hydrogen (secondary N) is 2. The quantitative estimate of drug-likeness (QED) is 0.682. The Balaban J connectivity index is 0.00000225. The molecule has 4 N–H and O–H groups in total. The smallest absolute Gasteiger partial charge is 0.241 e. The van der Waals surface area contributed by atoms with E-state index in [1.165, 1.54) is 6.42 Å². The summed E-state index contributed by atoms with van der Waals surface area (Å²) in [4.78, 5) is 24.1. The van der Waals surface area contributed by atoms with Gasteiger partial charge in [-0.1, -0.05) is 19.3 Å². The maximum absolute atomic E-state index is 12.3. The van der Waals surface area contributed by atoms with Crippen LogP contribution in [0, 0.1) is 5.41 Å². The summed E-state index contributed by atoms with van der Waals surface area (Å²) >= 11 is 0. The molecule has 0 radical (unpaired) electrons. The molecule has 1 aromatic rings. The number of hydrogen-bond donors (Lipinski definition) is 3. The second-order valence-electron chi connectivity index (χ2n) is 7.26. The van der Waals surface area contributed by atoms with E-state index in [2.05, 4.69) is 15.7 Å². The molecule has 140 valence electrons. The third-order valence-electron chi connectivity index (χ3n) is 5.05. The fourth-order valence-electron chi connectivity index (χ4n) is 3.46. The Hall–Kier alpha value is -1.60. The first-order valence-corrected chi connectivity index (χ1v) is 8.90. The summed E-state index contributed by atoms with van der Waals surface area (Å²) in [6, 6.07) is 0.343. The average Bonchev–Trinajstić information content (AvgIpc) is 3.26. The van der Waals surface area contributed by atoms with Gasteiger partial charge in [0, 0.05) is 18.7 Å². The van der Waals surface area contributed by atoms with Crippen molar-refractivity contribution in [1.82, 2.24) is 15.1 Å². The highest BCUT2D eigenvalue weighted by Gasteiger charge is 2.33. The van der Waals surface area contributed by atoms with Crippen LogP contribution in [0.2, 0.25) is 0 Å². The van der Waals surface area contributed by atoms with E-state index in [0.29, 0.717) is 24.7 Å². The van der Waals surface area contributed by atoms with E-state index in [0.717, 1.165) is 38.5 Å². The molecule has 2 aliphatic carbocycles. The third kappa shape index (κ3) is 5.71. The summed E-state index contributed by atoms with van der Waals surface area (Å²) in [5.74, 6) is -0.0629. The first-order valence-electron chi connectivity index (χ1n) is 8.90. The van der Waals surface area contributed by atoms with Crippen LogP contribution in [-0.2, 0) is 16.1 Å². The molecule has 0 unspecified atom stereocenters. The van der Waals surface area contributed by atoms with E-state index in [-0.39, 0.29) is 36.2 Å². The zero-order valence-corrected chi connectivity index (χ0v) is 15.3. The van der Waals surface area contributed by atoms with Gasteiger partial charge in [0.2, 0.25) is 11.8 Å². The molecule has 0 bridgehead atoms. The lowest BCUT2D eigenvalue weighted by Crippen LogP contribution is -2.36. The number of halogens is 1. The first kappa shape index (κ1) is 19.7. The lowest BCUT2D eigenvalue weighted by Gasteiger charge is -2.35. The van der Waals surface area contributed by atoms with E-state index in [9.17, 15) is 9.59 Å². The normalized spacial score (nSPS) is 18.9. The van der Waals surface area contributed by atoms with Crippen molar-refractivity contribution in [3.8, 4) is 0 Å². The third-order valence-corrected chi connectivity index (χ3v) is 5.05. The van der Waals surface area contributed by atoms with Gasteiger partial charge in [-0.05, 0) is 37.6 Å². The van der Waals surface area contributed by atoms with E-state index in [1.807, 2.05) is 0 Å². The maximum Gasteiger partial charge on any atom is 0.241 e. The van der Waals surface area contributed by atoms with Crippen LogP contribution in [-0.4, -0.2) is 34.2 Å². The summed E-state index contributed by atoms with van der Waals surface area (Å²) in [6.07, 6.45) is 11.4. The second-order valence-corrected chi connectivity index (χ2v) is 7.26. The van der Waals surface area contributed by atoms with Crippen LogP contribution in [0.15, 0.2) is 12.4 Å². The van der Waals surface area contributed by atoms with Crippen LogP contribution in [0.25, 0.3) is 0 Å². The van der Waals surface area contributed by atoms with Gasteiger partial charge in [0.15, 0.2) is 0 Å². The number of carbonyl (C=O) groups excluding carboxylic acids is 2. The summed E-state index contributed by atoms with van der Waals surface area (Å²) in [5.41, 5.74) is 6.52. The van der Waals surface area contributed by atoms with E-state index >= 15 is 0 Å². The highest BCUT2D eigenvalue weighted by Crippen LogP contribution is 2.38. The zero-order valence-electron chi connectivity index (χ0n) is 14.5. The number of aromatic nitrogens is 2. The molecule has 2 amide bonds. The van der Waals surface area contributed by atoms with Gasteiger partial charge in [0.25, 0.3) is 0 Å². The molecule has 2 aliphatic rings. The predicted molar refractivity (Wildman–Crippen MR) is 98.5 cm³/mol. The molecule has 2 saturated carbocycles. The fourth-order valence-corrected chi connectivity index (χ4v) is 3.46. The number of nitrogens with two attached hydrogens (primary N) is 1. The molecule has 0 saturated heterocycles. The molecule has 0 atom stereocenters. The van der Waals surface area contributed by atoms with Crippen molar-refractivity contribution in [2.24, 2.45) is 11.1 Å². The molecule has 0 spiro atoms. The van der Waals surface area contributed by atoms with E-state index in [4.69, 9.17) is 5.73 Å². The van der Waals surface area contributed by atoms with Gasteiger partial charge in [-0.3, -0.25) is 14.3 Å².